The van der Waals surface area contributed by atoms with E-state index in [0.717, 1.165) is 19.3 Å². The van der Waals surface area contributed by atoms with Crippen molar-refractivity contribution in [3.05, 3.63) is 29.3 Å². The number of anilines is 1. The van der Waals surface area contributed by atoms with E-state index in [4.69, 9.17) is 16.7 Å². The van der Waals surface area contributed by atoms with E-state index < -0.39 is 22.6 Å². The number of nitrogens with zero attached hydrogens (tertiary/aromatic N) is 1. The summed E-state index contributed by atoms with van der Waals surface area (Å²) in [5, 5.41) is 15.6. The van der Waals surface area contributed by atoms with Crippen LogP contribution in [0.15, 0.2) is 24.3 Å². The highest BCUT2D eigenvalue weighted by atomic mass is 35.5. The molecular weight excluding hydrogens is 474 g/mol. The van der Waals surface area contributed by atoms with Crippen molar-refractivity contribution in [2.45, 2.75) is 62.0 Å². The molecule has 1 spiro atoms. The largest absolute Gasteiger partial charge is 0.396 e. The number of fused-ring (bicyclic) bond motifs is 1. The molecule has 3 N–H and O–H groups in total. The van der Waals surface area contributed by atoms with Gasteiger partial charge >= 0.3 is 0 Å². The van der Waals surface area contributed by atoms with Crippen molar-refractivity contribution in [2.24, 2.45) is 17.8 Å². The van der Waals surface area contributed by atoms with Gasteiger partial charge in [0.1, 0.15) is 6.04 Å². The molecule has 3 fully saturated rings. The molecule has 0 aliphatic carbocycles. The van der Waals surface area contributed by atoms with E-state index in [9.17, 15) is 14.4 Å². The molecule has 3 amide bonds. The first-order valence-electron chi connectivity index (χ1n) is 12.3. The van der Waals surface area contributed by atoms with Crippen molar-refractivity contribution >= 4 is 46.8 Å². The number of amides is 3. The van der Waals surface area contributed by atoms with E-state index in [2.05, 4.69) is 17.6 Å². The Bertz CT molecular complexity index is 946. The minimum absolute atomic E-state index is 0.0351. The first-order valence-corrected chi connectivity index (χ1v) is 13.5. The summed E-state index contributed by atoms with van der Waals surface area (Å²) in [6, 6.07) is 6.40. The van der Waals surface area contributed by atoms with Gasteiger partial charge in [0.25, 0.3) is 0 Å². The lowest BCUT2D eigenvalue weighted by molar-refractivity contribution is -0.139. The summed E-state index contributed by atoms with van der Waals surface area (Å²) < 4.78 is -0.641. The summed E-state index contributed by atoms with van der Waals surface area (Å²) in [5.41, 5.74) is 0.518. The number of unbranched alkanes of at least 4 members (excludes halogenated alkanes) is 2. The lowest BCUT2D eigenvalue weighted by atomic mass is 9.66. The molecule has 2 bridgehead atoms. The Balaban J connectivity index is 1.68. The first kappa shape index (κ1) is 25.3. The summed E-state index contributed by atoms with van der Waals surface area (Å²) in [7, 11) is 0. The molecular formula is C25H34ClN3O4S. The van der Waals surface area contributed by atoms with Crippen molar-refractivity contribution in [1.29, 1.82) is 0 Å². The van der Waals surface area contributed by atoms with E-state index in [1.807, 2.05) is 13.0 Å². The molecule has 3 heterocycles. The Kier molecular flexibility index (Phi) is 7.79. The zero-order valence-corrected chi connectivity index (χ0v) is 21.3. The quantitative estimate of drug-likeness (QED) is 0.422. The second-order valence-electron chi connectivity index (χ2n) is 9.63. The van der Waals surface area contributed by atoms with Crippen LogP contribution in [-0.4, -0.2) is 63.5 Å². The van der Waals surface area contributed by atoms with Crippen LogP contribution in [-0.2, 0) is 14.4 Å². The highest BCUT2D eigenvalue weighted by Gasteiger charge is 2.75. The fraction of sp³-hybridized carbons (Fsp3) is 0.640. The van der Waals surface area contributed by atoms with Crippen LogP contribution in [0.2, 0.25) is 5.02 Å². The first-order chi connectivity index (χ1) is 16.4. The number of aliphatic hydroxyl groups is 1. The normalized spacial score (nSPS) is 31.6. The zero-order chi connectivity index (χ0) is 24.5. The van der Waals surface area contributed by atoms with Gasteiger partial charge in [0, 0.05) is 24.9 Å². The third-order valence-corrected chi connectivity index (χ3v) is 9.94. The number of rotatable bonds is 10. The maximum atomic E-state index is 13.9. The Morgan fingerprint density at radius 1 is 1.24 bits per heavy atom. The average Bonchev–Trinajstić information content (AvgIpc) is 3.40. The number of benzene rings is 1. The number of hydrogen-bond donors (Lipinski definition) is 3. The molecule has 3 aliphatic rings. The van der Waals surface area contributed by atoms with Crippen molar-refractivity contribution < 1.29 is 19.5 Å². The van der Waals surface area contributed by atoms with Gasteiger partial charge in [-0.2, -0.15) is 0 Å². The number of halogens is 1. The fourth-order valence-electron chi connectivity index (χ4n) is 6.06. The number of thioether (sulfide) groups is 1. The van der Waals surface area contributed by atoms with E-state index >= 15 is 0 Å². The van der Waals surface area contributed by atoms with Gasteiger partial charge in [-0.1, -0.05) is 37.6 Å². The molecule has 6 atom stereocenters. The van der Waals surface area contributed by atoms with Crippen LogP contribution in [0.4, 0.5) is 5.69 Å². The number of carbonyl (C=O) groups excluding carboxylic acids is 3. The van der Waals surface area contributed by atoms with Gasteiger partial charge < -0.3 is 20.6 Å². The number of para-hydroxylation sites is 1. The van der Waals surface area contributed by atoms with Crippen LogP contribution >= 0.6 is 23.4 Å². The molecule has 4 rings (SSSR count). The van der Waals surface area contributed by atoms with Gasteiger partial charge in [-0.15, -0.1) is 11.8 Å². The maximum Gasteiger partial charge on any atom is 0.248 e. The van der Waals surface area contributed by atoms with Crippen molar-refractivity contribution in [1.82, 2.24) is 10.2 Å². The Morgan fingerprint density at radius 2 is 2.00 bits per heavy atom. The van der Waals surface area contributed by atoms with Gasteiger partial charge in [-0.05, 0) is 50.2 Å². The Morgan fingerprint density at radius 3 is 2.71 bits per heavy atom. The summed E-state index contributed by atoms with van der Waals surface area (Å²) in [4.78, 5) is 42.6. The standard InChI is InChI=1S/C25H34ClN3O4S/c1-3-11-27-22(31)19-18-14-15(2)25(34-18)20(19)24(33)29(12-7-4-8-13-30)21(25)23(32)28-17-10-6-5-9-16(17)26/h5-6,9-10,15,18-21,30H,3-4,7-8,11-14H2,1-2H3,(H,27,31)(H,28,32)/t15?,18-,19+,20+,21?,25?/m1/s1. The molecule has 3 saturated heterocycles. The van der Waals surface area contributed by atoms with E-state index in [1.54, 1.807) is 34.9 Å². The number of carbonyl (C=O) groups is 3. The van der Waals surface area contributed by atoms with E-state index in [1.165, 1.54) is 0 Å². The minimum Gasteiger partial charge on any atom is -0.396 e. The summed E-state index contributed by atoms with van der Waals surface area (Å²) in [5.74, 6) is -1.22. The Hall–Kier alpha value is -1.77. The monoisotopic (exact) mass is 507 g/mol. The third kappa shape index (κ3) is 4.22. The lowest BCUT2D eigenvalue weighted by Gasteiger charge is -2.38. The topological polar surface area (TPSA) is 98.7 Å². The van der Waals surface area contributed by atoms with Crippen LogP contribution in [0, 0.1) is 17.8 Å². The Labute approximate surface area is 210 Å². The van der Waals surface area contributed by atoms with Crippen molar-refractivity contribution in [2.75, 3.05) is 25.0 Å². The summed E-state index contributed by atoms with van der Waals surface area (Å²) >= 11 is 7.98. The molecule has 0 saturated carbocycles. The van der Waals surface area contributed by atoms with Gasteiger partial charge in [0.15, 0.2) is 0 Å². The van der Waals surface area contributed by atoms with Gasteiger partial charge in [0.2, 0.25) is 17.7 Å². The molecule has 0 radical (unpaired) electrons. The van der Waals surface area contributed by atoms with Gasteiger partial charge in [-0.25, -0.2) is 0 Å². The van der Waals surface area contributed by atoms with Crippen LogP contribution in [0.5, 0.6) is 0 Å². The minimum atomic E-state index is -0.677. The van der Waals surface area contributed by atoms with E-state index in [-0.39, 0.29) is 35.5 Å². The van der Waals surface area contributed by atoms with Crippen molar-refractivity contribution in [3.8, 4) is 0 Å². The van der Waals surface area contributed by atoms with Crippen LogP contribution in [0.3, 0.4) is 0 Å². The molecule has 7 nitrogen and oxygen atoms in total. The molecule has 3 unspecified atom stereocenters. The molecule has 3 aliphatic heterocycles. The van der Waals surface area contributed by atoms with Gasteiger partial charge in [0.05, 0.1) is 27.3 Å². The van der Waals surface area contributed by atoms with E-state index in [0.29, 0.717) is 36.6 Å². The van der Waals surface area contributed by atoms with Crippen LogP contribution in [0.25, 0.3) is 0 Å². The third-order valence-electron chi connectivity index (χ3n) is 7.53. The number of nitrogens with one attached hydrogen (secondary N) is 2. The summed E-state index contributed by atoms with van der Waals surface area (Å²) in [6.07, 6.45) is 3.76. The second-order valence-corrected chi connectivity index (χ2v) is 11.6. The molecule has 1 aromatic rings. The average molecular weight is 508 g/mol. The number of hydrogen-bond acceptors (Lipinski definition) is 5. The molecule has 1 aromatic carbocycles. The van der Waals surface area contributed by atoms with Crippen LogP contribution < -0.4 is 10.6 Å². The summed E-state index contributed by atoms with van der Waals surface area (Å²) in [6.45, 7) is 5.23. The molecule has 9 heteroatoms. The predicted octanol–water partition coefficient (Wildman–Crippen LogP) is 3.30. The number of aliphatic hydroxyl groups excluding tert-OH is 1. The molecule has 186 valence electrons. The fourth-order valence-corrected chi connectivity index (χ4v) is 8.67. The van der Waals surface area contributed by atoms with Gasteiger partial charge in [-0.3, -0.25) is 14.4 Å². The number of likely N-dealkylation sites (tertiary alicyclic amines) is 1. The van der Waals surface area contributed by atoms with Crippen LogP contribution in [0.1, 0.15) is 46.0 Å². The molecule has 0 aromatic heterocycles. The second kappa shape index (κ2) is 10.5. The lowest BCUT2D eigenvalue weighted by Crippen LogP contribution is -2.55. The maximum absolute atomic E-state index is 13.9. The highest BCUT2D eigenvalue weighted by Crippen LogP contribution is 2.68. The van der Waals surface area contributed by atoms with Crippen molar-refractivity contribution in [3.63, 3.8) is 0 Å². The smallest absolute Gasteiger partial charge is 0.248 e. The highest BCUT2D eigenvalue weighted by molar-refractivity contribution is 8.02. The SMILES string of the molecule is CCCNC(=O)[C@@H]1[C@H]2C(=O)N(CCCCCO)C(C(=O)Nc3ccccc3Cl)C23S[C@@H]1CC3C. The zero-order valence-electron chi connectivity index (χ0n) is 19.8. The molecule has 34 heavy (non-hydrogen) atoms. The predicted molar refractivity (Wildman–Crippen MR) is 135 cm³/mol.